The molecule has 1 aliphatic heterocycles. The highest BCUT2D eigenvalue weighted by atomic mass is 16.2. The van der Waals surface area contributed by atoms with Crippen molar-refractivity contribution in [3.8, 4) is 0 Å². The maximum atomic E-state index is 12.4. The lowest BCUT2D eigenvalue weighted by molar-refractivity contribution is -0.131. The summed E-state index contributed by atoms with van der Waals surface area (Å²) in [6.45, 7) is 8.50. The number of likely N-dealkylation sites (N-methyl/N-ethyl adjacent to an activating group) is 1. The van der Waals surface area contributed by atoms with Crippen LogP contribution in [-0.2, 0) is 16.6 Å². The monoisotopic (exact) mass is 302 g/mol. The molecule has 1 amide bonds. The Kier molecular flexibility index (Phi) is 5.63. The summed E-state index contributed by atoms with van der Waals surface area (Å²) in [4.78, 5) is 14.5. The van der Waals surface area contributed by atoms with E-state index < -0.39 is 0 Å². The zero-order valence-corrected chi connectivity index (χ0v) is 14.5. The van der Waals surface area contributed by atoms with Crippen molar-refractivity contribution >= 4 is 5.91 Å². The predicted octanol–water partition coefficient (Wildman–Crippen LogP) is 3.13. The fraction of sp³-hybridized carbons (Fsp3) is 0.632. The first-order valence-corrected chi connectivity index (χ1v) is 8.45. The normalized spacial score (nSPS) is 18.7. The van der Waals surface area contributed by atoms with Crippen molar-refractivity contribution in [1.29, 1.82) is 0 Å². The van der Waals surface area contributed by atoms with Crippen LogP contribution in [0.25, 0.3) is 0 Å². The van der Waals surface area contributed by atoms with Gasteiger partial charge in [-0.3, -0.25) is 4.79 Å². The van der Waals surface area contributed by atoms with Crippen molar-refractivity contribution in [1.82, 2.24) is 10.2 Å². The molecule has 22 heavy (non-hydrogen) atoms. The second-order valence-electron chi connectivity index (χ2n) is 7.39. The average molecular weight is 302 g/mol. The fourth-order valence-electron chi connectivity index (χ4n) is 3.18. The smallest absolute Gasteiger partial charge is 0.223 e. The molecule has 0 spiro atoms. The summed E-state index contributed by atoms with van der Waals surface area (Å²) in [6, 6.07) is 9.12. The van der Waals surface area contributed by atoms with Crippen molar-refractivity contribution in [2.24, 2.45) is 0 Å². The number of nitrogens with zero attached hydrogens (tertiary/aromatic N) is 1. The van der Waals surface area contributed by atoms with Crippen LogP contribution < -0.4 is 5.32 Å². The average Bonchev–Trinajstić information content (AvgIpc) is 2.93. The lowest BCUT2D eigenvalue weighted by atomic mass is 9.86. The molecule has 2 rings (SSSR count). The number of hydrogen-bond acceptors (Lipinski definition) is 2. The minimum absolute atomic E-state index is 0.185. The van der Waals surface area contributed by atoms with E-state index in [-0.39, 0.29) is 5.41 Å². The Morgan fingerprint density at radius 2 is 1.95 bits per heavy atom. The van der Waals surface area contributed by atoms with E-state index in [4.69, 9.17) is 0 Å². The van der Waals surface area contributed by atoms with E-state index in [2.05, 4.69) is 55.3 Å². The van der Waals surface area contributed by atoms with Crippen molar-refractivity contribution < 1.29 is 4.79 Å². The van der Waals surface area contributed by atoms with Gasteiger partial charge in [0, 0.05) is 25.6 Å². The maximum Gasteiger partial charge on any atom is 0.223 e. The Labute approximate surface area is 135 Å². The first-order chi connectivity index (χ1) is 10.4. The van der Waals surface area contributed by atoms with Crippen LogP contribution in [0, 0.1) is 0 Å². The molecule has 1 saturated heterocycles. The quantitative estimate of drug-likeness (QED) is 0.906. The molecule has 1 fully saturated rings. The van der Waals surface area contributed by atoms with Crippen molar-refractivity contribution in [2.45, 2.75) is 57.9 Å². The summed E-state index contributed by atoms with van der Waals surface area (Å²) >= 11 is 0. The second-order valence-corrected chi connectivity index (χ2v) is 7.39. The molecule has 1 aromatic rings. The van der Waals surface area contributed by atoms with Gasteiger partial charge in [0.2, 0.25) is 5.91 Å². The summed E-state index contributed by atoms with van der Waals surface area (Å²) in [5.41, 5.74) is 2.78. The molecule has 0 saturated carbocycles. The van der Waals surface area contributed by atoms with Gasteiger partial charge in [-0.2, -0.15) is 0 Å². The molecule has 3 nitrogen and oxygen atoms in total. The standard InChI is InChI=1S/C19H30N2O/c1-19(2,3)16-10-7-15(8-11-16)9-12-18(22)21-13-5-6-17(21)14-20-4/h7-8,10-11,17,20H,5-6,9,12-14H2,1-4H3. The highest BCUT2D eigenvalue weighted by molar-refractivity contribution is 5.77. The number of hydrogen-bond donors (Lipinski definition) is 1. The van der Waals surface area contributed by atoms with Crippen LogP contribution >= 0.6 is 0 Å². The van der Waals surface area contributed by atoms with E-state index >= 15 is 0 Å². The first kappa shape index (κ1) is 17.0. The Morgan fingerprint density at radius 1 is 1.27 bits per heavy atom. The summed E-state index contributed by atoms with van der Waals surface area (Å²) < 4.78 is 0. The molecule has 1 N–H and O–H groups in total. The number of carbonyl (C=O) groups is 1. The lowest BCUT2D eigenvalue weighted by Crippen LogP contribution is -2.40. The largest absolute Gasteiger partial charge is 0.338 e. The summed E-state index contributed by atoms with van der Waals surface area (Å²) in [6.07, 6.45) is 3.73. The molecule has 1 atom stereocenters. The highest BCUT2D eigenvalue weighted by Gasteiger charge is 2.27. The van der Waals surface area contributed by atoms with E-state index in [0.29, 0.717) is 18.4 Å². The molecule has 3 heteroatoms. The molecule has 0 radical (unpaired) electrons. The molecule has 0 aliphatic carbocycles. The third kappa shape index (κ3) is 4.33. The molecule has 0 bridgehead atoms. The van der Waals surface area contributed by atoms with Crippen LogP contribution in [0.5, 0.6) is 0 Å². The van der Waals surface area contributed by atoms with Crippen LogP contribution in [-0.4, -0.2) is 37.0 Å². The van der Waals surface area contributed by atoms with Crippen molar-refractivity contribution in [2.75, 3.05) is 20.1 Å². The Hall–Kier alpha value is -1.35. The Balaban J connectivity index is 1.88. The van der Waals surface area contributed by atoms with Gasteiger partial charge in [-0.25, -0.2) is 0 Å². The van der Waals surface area contributed by atoms with E-state index in [1.54, 1.807) is 0 Å². The minimum atomic E-state index is 0.185. The first-order valence-electron chi connectivity index (χ1n) is 8.45. The van der Waals surface area contributed by atoms with E-state index in [9.17, 15) is 4.79 Å². The minimum Gasteiger partial charge on any atom is -0.338 e. The molecule has 1 heterocycles. The molecular formula is C19H30N2O. The maximum absolute atomic E-state index is 12.4. The van der Waals surface area contributed by atoms with E-state index in [1.807, 2.05) is 7.05 Å². The lowest BCUT2D eigenvalue weighted by Gasteiger charge is -2.24. The Morgan fingerprint density at radius 3 is 2.55 bits per heavy atom. The number of aryl methyl sites for hydroxylation is 1. The van der Waals surface area contributed by atoms with Crippen LogP contribution in [0.2, 0.25) is 0 Å². The fourth-order valence-corrected chi connectivity index (χ4v) is 3.18. The number of likely N-dealkylation sites (tertiary alicyclic amines) is 1. The summed E-state index contributed by atoms with van der Waals surface area (Å²) in [5, 5.41) is 3.19. The van der Waals surface area contributed by atoms with Crippen LogP contribution in [0.15, 0.2) is 24.3 Å². The molecule has 1 aliphatic rings. The summed E-state index contributed by atoms with van der Waals surface area (Å²) in [5.74, 6) is 0.303. The number of carbonyl (C=O) groups excluding carboxylic acids is 1. The third-order valence-electron chi connectivity index (χ3n) is 4.58. The highest BCUT2D eigenvalue weighted by Crippen LogP contribution is 2.23. The third-order valence-corrected chi connectivity index (χ3v) is 4.58. The number of amides is 1. The predicted molar refractivity (Wildman–Crippen MR) is 92.1 cm³/mol. The van der Waals surface area contributed by atoms with Gasteiger partial charge in [-0.1, -0.05) is 45.0 Å². The van der Waals surface area contributed by atoms with Crippen LogP contribution in [0.1, 0.15) is 51.2 Å². The van der Waals surface area contributed by atoms with Gasteiger partial charge in [-0.05, 0) is 42.9 Å². The van der Waals surface area contributed by atoms with Gasteiger partial charge in [0.1, 0.15) is 0 Å². The molecule has 1 aromatic carbocycles. The van der Waals surface area contributed by atoms with E-state index in [1.165, 1.54) is 11.1 Å². The zero-order chi connectivity index (χ0) is 16.2. The van der Waals surface area contributed by atoms with Gasteiger partial charge in [0.15, 0.2) is 0 Å². The topological polar surface area (TPSA) is 32.3 Å². The number of nitrogens with one attached hydrogen (secondary N) is 1. The number of benzene rings is 1. The Bertz CT molecular complexity index is 487. The van der Waals surface area contributed by atoms with Crippen molar-refractivity contribution in [3.05, 3.63) is 35.4 Å². The van der Waals surface area contributed by atoms with Crippen LogP contribution in [0.3, 0.4) is 0 Å². The van der Waals surface area contributed by atoms with Gasteiger partial charge in [0.05, 0.1) is 0 Å². The van der Waals surface area contributed by atoms with Gasteiger partial charge in [-0.15, -0.1) is 0 Å². The second kappa shape index (κ2) is 7.28. The number of rotatable bonds is 5. The van der Waals surface area contributed by atoms with E-state index in [0.717, 1.165) is 32.4 Å². The molecule has 0 aromatic heterocycles. The molecule has 122 valence electrons. The summed E-state index contributed by atoms with van der Waals surface area (Å²) in [7, 11) is 1.96. The van der Waals surface area contributed by atoms with Gasteiger partial charge < -0.3 is 10.2 Å². The van der Waals surface area contributed by atoms with Crippen LogP contribution in [0.4, 0.5) is 0 Å². The zero-order valence-electron chi connectivity index (χ0n) is 14.5. The van der Waals surface area contributed by atoms with Gasteiger partial charge in [0.25, 0.3) is 0 Å². The van der Waals surface area contributed by atoms with Crippen molar-refractivity contribution in [3.63, 3.8) is 0 Å². The van der Waals surface area contributed by atoms with Gasteiger partial charge >= 0.3 is 0 Å². The molecular weight excluding hydrogens is 272 g/mol. The molecule has 1 unspecified atom stereocenters. The SMILES string of the molecule is CNCC1CCCN1C(=O)CCc1ccc(C(C)(C)C)cc1.